The zero-order valence-corrected chi connectivity index (χ0v) is 18.4. The summed E-state index contributed by atoms with van der Waals surface area (Å²) in [7, 11) is 0. The smallest absolute Gasteiger partial charge is 0.320 e. The molecule has 0 unspecified atom stereocenters. The van der Waals surface area contributed by atoms with Crippen molar-refractivity contribution in [2.75, 3.05) is 35.3 Å². The van der Waals surface area contributed by atoms with Crippen LogP contribution in [0.15, 0.2) is 42.5 Å². The van der Waals surface area contributed by atoms with Crippen LogP contribution < -0.4 is 20.9 Å². The largest absolute Gasteiger partial charge is 0.393 e. The van der Waals surface area contributed by atoms with Gasteiger partial charge in [0.05, 0.1) is 18.9 Å². The van der Waals surface area contributed by atoms with E-state index in [1.807, 2.05) is 0 Å². The Morgan fingerprint density at radius 3 is 2.36 bits per heavy atom. The molecule has 1 saturated heterocycles. The molecular weight excluding hydrogens is 455 g/mol. The maximum absolute atomic E-state index is 14.7. The molecule has 4 amide bonds. The van der Waals surface area contributed by atoms with Gasteiger partial charge in [-0.05, 0) is 55.3 Å². The molecule has 0 spiro atoms. The first-order valence-corrected chi connectivity index (χ1v) is 10.6. The van der Waals surface area contributed by atoms with E-state index in [2.05, 4.69) is 16.0 Å². The lowest BCUT2D eigenvalue weighted by Crippen LogP contribution is -2.62. The number of nitrogens with one attached hydrogen (secondary N) is 3. The van der Waals surface area contributed by atoms with E-state index >= 15 is 0 Å². The van der Waals surface area contributed by atoms with E-state index in [-0.39, 0.29) is 11.6 Å². The molecule has 1 heterocycles. The highest BCUT2D eigenvalue weighted by Gasteiger charge is 2.39. The number of rotatable bonds is 7. The number of nitrogens with zero attached hydrogens (tertiary/aromatic N) is 1. The van der Waals surface area contributed by atoms with Gasteiger partial charge < -0.3 is 31.1 Å². The number of urea groups is 1. The van der Waals surface area contributed by atoms with E-state index in [1.165, 1.54) is 29.2 Å². The molecule has 0 saturated carbocycles. The van der Waals surface area contributed by atoms with Crippen LogP contribution in [0.2, 0.25) is 5.02 Å². The molecule has 1 aliphatic heterocycles. The van der Waals surface area contributed by atoms with E-state index < -0.39 is 36.5 Å². The minimum atomic E-state index is -2.13. The van der Waals surface area contributed by atoms with Crippen LogP contribution in [0.3, 0.4) is 0 Å². The second-order valence-corrected chi connectivity index (χ2v) is 8.04. The first kappa shape index (κ1) is 24.4. The summed E-state index contributed by atoms with van der Waals surface area (Å²) in [5, 5.41) is 27.0. The predicted octanol–water partition coefficient (Wildman–Crippen LogP) is 2.48. The van der Waals surface area contributed by atoms with Gasteiger partial charge in [-0.15, -0.1) is 0 Å². The van der Waals surface area contributed by atoms with E-state index in [0.29, 0.717) is 29.4 Å². The van der Waals surface area contributed by atoms with Crippen molar-refractivity contribution in [3.05, 3.63) is 53.3 Å². The van der Waals surface area contributed by atoms with Crippen molar-refractivity contribution < 1.29 is 29.0 Å². The zero-order valence-electron chi connectivity index (χ0n) is 17.6. The predicted molar refractivity (Wildman–Crippen MR) is 122 cm³/mol. The van der Waals surface area contributed by atoms with Crippen LogP contribution in [-0.2, 0) is 9.59 Å². The summed E-state index contributed by atoms with van der Waals surface area (Å²) in [6.07, 6.45) is 1.99. The van der Waals surface area contributed by atoms with Gasteiger partial charge in [0.1, 0.15) is 5.82 Å². The lowest BCUT2D eigenvalue weighted by molar-refractivity contribution is -0.125. The van der Waals surface area contributed by atoms with Gasteiger partial charge in [-0.2, -0.15) is 0 Å². The summed E-state index contributed by atoms with van der Waals surface area (Å²) in [5.74, 6) is -1.94. The second kappa shape index (κ2) is 10.6. The maximum Gasteiger partial charge on any atom is 0.320 e. The number of amides is 4. The summed E-state index contributed by atoms with van der Waals surface area (Å²) in [4.78, 5) is 38.7. The number of aliphatic hydroxyl groups is 2. The van der Waals surface area contributed by atoms with E-state index in [0.717, 1.165) is 18.9 Å². The van der Waals surface area contributed by atoms with Gasteiger partial charge in [0, 0.05) is 29.4 Å². The Balaban J connectivity index is 1.71. The third-order valence-electron chi connectivity index (χ3n) is 5.27. The van der Waals surface area contributed by atoms with Crippen LogP contribution >= 0.6 is 11.6 Å². The van der Waals surface area contributed by atoms with Crippen LogP contribution in [0.4, 0.5) is 26.2 Å². The molecule has 2 aromatic carbocycles. The summed E-state index contributed by atoms with van der Waals surface area (Å²) >= 11 is 5.79. The number of aliphatic hydroxyl groups excluding tert-OH is 2. The summed E-state index contributed by atoms with van der Waals surface area (Å²) in [6.45, 7) is -1.43. The highest BCUT2D eigenvalue weighted by atomic mass is 35.5. The van der Waals surface area contributed by atoms with Gasteiger partial charge in [-0.3, -0.25) is 9.59 Å². The van der Waals surface area contributed by atoms with Gasteiger partial charge in [0.15, 0.2) is 5.54 Å². The van der Waals surface area contributed by atoms with Gasteiger partial charge in [-0.1, -0.05) is 11.6 Å². The molecule has 0 radical (unpaired) electrons. The Labute approximate surface area is 194 Å². The average molecular weight is 479 g/mol. The molecule has 1 fully saturated rings. The third kappa shape index (κ3) is 5.78. The fourth-order valence-corrected chi connectivity index (χ4v) is 3.46. The Morgan fingerprint density at radius 1 is 1.06 bits per heavy atom. The molecule has 11 heteroatoms. The highest BCUT2D eigenvalue weighted by molar-refractivity contribution is 6.30. The summed E-state index contributed by atoms with van der Waals surface area (Å²) in [6, 6.07) is 9.13. The lowest BCUT2D eigenvalue weighted by Gasteiger charge is -2.30. The Hall–Kier alpha value is -3.21. The van der Waals surface area contributed by atoms with Gasteiger partial charge in [0.2, 0.25) is 5.91 Å². The topological polar surface area (TPSA) is 131 Å². The molecule has 5 N–H and O–H groups in total. The van der Waals surface area contributed by atoms with Gasteiger partial charge in [0.25, 0.3) is 5.91 Å². The summed E-state index contributed by atoms with van der Waals surface area (Å²) in [5.41, 5.74) is -1.65. The van der Waals surface area contributed by atoms with Crippen LogP contribution in [0.1, 0.15) is 19.3 Å². The fraction of sp³-hybridized carbons (Fsp3) is 0.318. The molecule has 0 bridgehead atoms. The number of hydrogen-bond donors (Lipinski definition) is 5. The van der Waals surface area contributed by atoms with Gasteiger partial charge in [-0.25, -0.2) is 9.18 Å². The number of anilines is 3. The molecule has 3 rings (SSSR count). The van der Waals surface area contributed by atoms with Gasteiger partial charge >= 0.3 is 6.03 Å². The second-order valence-electron chi connectivity index (χ2n) is 7.61. The molecule has 9 nitrogen and oxygen atoms in total. The van der Waals surface area contributed by atoms with E-state index in [4.69, 9.17) is 11.6 Å². The van der Waals surface area contributed by atoms with Crippen LogP contribution in [0.25, 0.3) is 0 Å². The minimum absolute atomic E-state index is 0.104. The van der Waals surface area contributed by atoms with Crippen molar-refractivity contribution in [3.8, 4) is 0 Å². The van der Waals surface area contributed by atoms with Crippen LogP contribution in [0.5, 0.6) is 0 Å². The molecule has 0 aliphatic carbocycles. The lowest BCUT2D eigenvalue weighted by atomic mass is 10.0. The normalized spacial score (nSPS) is 14.1. The number of piperidine rings is 1. The van der Waals surface area contributed by atoms with Crippen molar-refractivity contribution in [1.29, 1.82) is 0 Å². The number of hydrogen-bond acceptors (Lipinski definition) is 5. The quantitative estimate of drug-likeness (QED) is 0.417. The number of carbonyl (C=O) groups excluding carboxylic acids is 3. The molecular formula is C22H24ClFN4O5. The Bertz CT molecular complexity index is 1030. The monoisotopic (exact) mass is 478 g/mol. The van der Waals surface area contributed by atoms with Crippen molar-refractivity contribution in [2.24, 2.45) is 0 Å². The number of carbonyl (C=O) groups is 3. The molecule has 0 atom stereocenters. The molecule has 33 heavy (non-hydrogen) atoms. The SMILES string of the molecule is O=C(Nc1ccc(Cl)cc1)NC(CO)(CO)C(=O)Nc1ccc(N2CCCCC2=O)cc1F. The van der Waals surface area contributed by atoms with Crippen LogP contribution in [-0.4, -0.2) is 53.4 Å². The van der Waals surface area contributed by atoms with Crippen molar-refractivity contribution in [3.63, 3.8) is 0 Å². The van der Waals surface area contributed by atoms with E-state index in [1.54, 1.807) is 12.1 Å². The fourth-order valence-electron chi connectivity index (χ4n) is 3.34. The highest BCUT2D eigenvalue weighted by Crippen LogP contribution is 2.26. The minimum Gasteiger partial charge on any atom is -0.393 e. The average Bonchev–Trinajstić information content (AvgIpc) is 2.80. The van der Waals surface area contributed by atoms with E-state index in [9.17, 15) is 29.0 Å². The maximum atomic E-state index is 14.7. The molecule has 2 aromatic rings. The Kier molecular flexibility index (Phi) is 7.85. The van der Waals surface area contributed by atoms with Crippen molar-refractivity contribution >= 4 is 46.5 Å². The Morgan fingerprint density at radius 2 is 1.76 bits per heavy atom. The molecule has 0 aromatic heterocycles. The molecule has 176 valence electrons. The summed E-state index contributed by atoms with van der Waals surface area (Å²) < 4.78 is 14.7. The standard InChI is InChI=1S/C22H24ClFN4O5/c23-14-4-6-15(7-5-14)25-21(33)27-22(12-29,13-30)20(32)26-18-9-8-16(11-17(18)24)28-10-2-1-3-19(28)31/h4-9,11,29-30H,1-3,10,12-13H2,(H,26,32)(H2,25,27,33). The zero-order chi connectivity index (χ0) is 24.0. The number of benzene rings is 2. The molecule has 1 aliphatic rings. The number of halogens is 2. The van der Waals surface area contributed by atoms with Crippen LogP contribution in [0, 0.1) is 5.82 Å². The van der Waals surface area contributed by atoms with Crippen molar-refractivity contribution in [1.82, 2.24) is 5.32 Å². The van der Waals surface area contributed by atoms with Crippen molar-refractivity contribution in [2.45, 2.75) is 24.8 Å². The first-order valence-electron chi connectivity index (χ1n) is 10.3. The third-order valence-corrected chi connectivity index (χ3v) is 5.52. The first-order chi connectivity index (χ1) is 15.8.